The lowest BCUT2D eigenvalue weighted by Gasteiger charge is -2.20. The lowest BCUT2D eigenvalue weighted by molar-refractivity contribution is 0.0533. The zero-order chi connectivity index (χ0) is 17.7. The molecule has 2 heterocycles. The molecule has 0 radical (unpaired) electrons. The van der Waals surface area contributed by atoms with E-state index in [0.717, 1.165) is 0 Å². The van der Waals surface area contributed by atoms with E-state index in [0.29, 0.717) is 22.2 Å². The summed E-state index contributed by atoms with van der Waals surface area (Å²) in [4.78, 5) is 19.7. The molecule has 0 aliphatic heterocycles. The molecule has 8 heteroatoms. The van der Waals surface area contributed by atoms with E-state index in [4.69, 9.17) is 4.74 Å². The highest BCUT2D eigenvalue weighted by atomic mass is 32.1. The SMILES string of the molecule is C=C(CNC(=O)OC(C)(C)C)Nc1nc(-c2cccc(F)n2)cs1. The van der Waals surface area contributed by atoms with Crippen LogP contribution in [-0.2, 0) is 4.74 Å². The summed E-state index contributed by atoms with van der Waals surface area (Å²) in [5, 5.41) is 7.92. The number of halogens is 1. The number of hydrogen-bond donors (Lipinski definition) is 2. The van der Waals surface area contributed by atoms with Crippen LogP contribution in [0, 0.1) is 5.95 Å². The van der Waals surface area contributed by atoms with Crippen LogP contribution >= 0.6 is 11.3 Å². The number of carbonyl (C=O) groups is 1. The molecule has 0 aliphatic carbocycles. The summed E-state index contributed by atoms with van der Waals surface area (Å²) in [5.41, 5.74) is 1.02. The Balaban J connectivity index is 1.88. The fraction of sp³-hybridized carbons (Fsp3) is 0.312. The zero-order valence-electron chi connectivity index (χ0n) is 13.7. The molecule has 2 aromatic rings. The van der Waals surface area contributed by atoms with E-state index in [9.17, 15) is 9.18 Å². The van der Waals surface area contributed by atoms with Crippen LogP contribution in [0.25, 0.3) is 11.4 Å². The highest BCUT2D eigenvalue weighted by Crippen LogP contribution is 2.24. The van der Waals surface area contributed by atoms with Gasteiger partial charge in [0, 0.05) is 11.1 Å². The van der Waals surface area contributed by atoms with Crippen molar-refractivity contribution in [1.82, 2.24) is 15.3 Å². The maximum absolute atomic E-state index is 13.1. The predicted octanol–water partition coefficient (Wildman–Crippen LogP) is 3.79. The largest absolute Gasteiger partial charge is 0.444 e. The molecule has 24 heavy (non-hydrogen) atoms. The Hall–Kier alpha value is -2.48. The molecule has 2 rings (SSSR count). The molecule has 0 atom stereocenters. The Morgan fingerprint density at radius 1 is 1.33 bits per heavy atom. The number of aromatic nitrogens is 2. The van der Waals surface area contributed by atoms with Gasteiger partial charge in [0.2, 0.25) is 5.95 Å². The van der Waals surface area contributed by atoms with Crippen molar-refractivity contribution < 1.29 is 13.9 Å². The number of hydrogen-bond acceptors (Lipinski definition) is 6. The van der Waals surface area contributed by atoms with E-state index in [2.05, 4.69) is 27.2 Å². The Bertz CT molecular complexity index is 740. The number of rotatable bonds is 5. The van der Waals surface area contributed by atoms with E-state index in [1.165, 1.54) is 17.4 Å². The first kappa shape index (κ1) is 17.9. The quantitative estimate of drug-likeness (QED) is 0.802. The van der Waals surface area contributed by atoms with Crippen LogP contribution in [0.1, 0.15) is 20.8 Å². The van der Waals surface area contributed by atoms with Crippen molar-refractivity contribution in [3.05, 3.63) is 41.8 Å². The number of amides is 1. The molecule has 2 N–H and O–H groups in total. The van der Waals surface area contributed by atoms with Crippen molar-refractivity contribution in [2.75, 3.05) is 11.9 Å². The molecule has 0 bridgehead atoms. The number of nitrogens with zero attached hydrogens (tertiary/aromatic N) is 2. The Morgan fingerprint density at radius 2 is 2.08 bits per heavy atom. The minimum absolute atomic E-state index is 0.196. The standard InChI is InChI=1S/C16H19FN4O2S/c1-10(8-18-15(22)23-16(2,3)4)19-14-21-12(9-24-14)11-6-5-7-13(17)20-11/h5-7,9H,1,8H2,2-4H3,(H,18,22)(H,19,21). The lowest BCUT2D eigenvalue weighted by Crippen LogP contribution is -2.34. The second-order valence-corrected chi connectivity index (χ2v) is 6.83. The minimum atomic E-state index is -0.555. The van der Waals surface area contributed by atoms with Crippen molar-refractivity contribution in [3.8, 4) is 11.4 Å². The molecule has 0 aromatic carbocycles. The van der Waals surface area contributed by atoms with Gasteiger partial charge in [0.1, 0.15) is 11.3 Å². The maximum Gasteiger partial charge on any atom is 0.407 e. The molecular formula is C16H19FN4O2S. The number of nitrogens with one attached hydrogen (secondary N) is 2. The minimum Gasteiger partial charge on any atom is -0.444 e. The van der Waals surface area contributed by atoms with Crippen LogP contribution in [0.4, 0.5) is 14.3 Å². The molecule has 0 saturated carbocycles. The molecular weight excluding hydrogens is 331 g/mol. The van der Waals surface area contributed by atoms with Gasteiger partial charge in [0.15, 0.2) is 5.13 Å². The van der Waals surface area contributed by atoms with Crippen molar-refractivity contribution in [2.45, 2.75) is 26.4 Å². The first-order valence-electron chi connectivity index (χ1n) is 7.23. The van der Waals surface area contributed by atoms with Crippen LogP contribution in [0.2, 0.25) is 0 Å². The normalized spacial score (nSPS) is 11.0. The molecule has 128 valence electrons. The molecule has 0 saturated heterocycles. The van der Waals surface area contributed by atoms with Crippen LogP contribution in [0.5, 0.6) is 0 Å². The average Bonchev–Trinajstić information content (AvgIpc) is 2.92. The summed E-state index contributed by atoms with van der Waals surface area (Å²) in [6.07, 6.45) is -0.519. The first-order chi connectivity index (χ1) is 11.2. The molecule has 6 nitrogen and oxygen atoms in total. The van der Waals surface area contributed by atoms with Crippen molar-refractivity contribution in [2.24, 2.45) is 0 Å². The highest BCUT2D eigenvalue weighted by Gasteiger charge is 2.16. The van der Waals surface area contributed by atoms with Gasteiger partial charge in [0.05, 0.1) is 12.2 Å². The van der Waals surface area contributed by atoms with Crippen LogP contribution in [-0.4, -0.2) is 28.2 Å². The summed E-state index contributed by atoms with van der Waals surface area (Å²) in [7, 11) is 0. The molecule has 0 spiro atoms. The van der Waals surface area contributed by atoms with Gasteiger partial charge >= 0.3 is 6.09 Å². The van der Waals surface area contributed by atoms with Gasteiger partial charge < -0.3 is 15.4 Å². The second-order valence-electron chi connectivity index (χ2n) is 5.97. The van der Waals surface area contributed by atoms with Crippen LogP contribution in [0.3, 0.4) is 0 Å². The third-order valence-electron chi connectivity index (χ3n) is 2.61. The van der Waals surface area contributed by atoms with Crippen molar-refractivity contribution in [1.29, 1.82) is 0 Å². The van der Waals surface area contributed by atoms with Gasteiger partial charge in [-0.3, -0.25) is 0 Å². The summed E-state index contributed by atoms with van der Waals surface area (Å²) >= 11 is 1.33. The van der Waals surface area contributed by atoms with E-state index < -0.39 is 17.6 Å². The Kier molecular flexibility index (Phi) is 5.50. The molecule has 0 fully saturated rings. The lowest BCUT2D eigenvalue weighted by atomic mass is 10.2. The summed E-state index contributed by atoms with van der Waals surface area (Å²) in [6, 6.07) is 4.54. The summed E-state index contributed by atoms with van der Waals surface area (Å²) in [5.74, 6) is -0.555. The van der Waals surface area contributed by atoms with E-state index in [1.807, 2.05) is 0 Å². The van der Waals surface area contributed by atoms with Gasteiger partial charge in [-0.05, 0) is 32.9 Å². The third-order valence-corrected chi connectivity index (χ3v) is 3.37. The van der Waals surface area contributed by atoms with E-state index >= 15 is 0 Å². The topological polar surface area (TPSA) is 76.1 Å². The summed E-state index contributed by atoms with van der Waals surface area (Å²) < 4.78 is 18.3. The number of pyridine rings is 1. The van der Waals surface area contributed by atoms with Crippen molar-refractivity contribution >= 4 is 22.6 Å². The van der Waals surface area contributed by atoms with E-state index in [-0.39, 0.29) is 6.54 Å². The first-order valence-corrected chi connectivity index (χ1v) is 8.11. The van der Waals surface area contributed by atoms with Gasteiger partial charge in [-0.2, -0.15) is 4.39 Å². The molecule has 1 amide bonds. The van der Waals surface area contributed by atoms with Gasteiger partial charge in [0.25, 0.3) is 0 Å². The fourth-order valence-electron chi connectivity index (χ4n) is 1.69. The number of alkyl carbamates (subject to hydrolysis) is 1. The predicted molar refractivity (Wildman–Crippen MR) is 92.3 cm³/mol. The molecule has 0 aliphatic rings. The smallest absolute Gasteiger partial charge is 0.407 e. The van der Waals surface area contributed by atoms with Gasteiger partial charge in [-0.15, -0.1) is 11.3 Å². The van der Waals surface area contributed by atoms with Crippen LogP contribution < -0.4 is 10.6 Å². The number of thiazole rings is 1. The Morgan fingerprint density at radius 3 is 2.75 bits per heavy atom. The van der Waals surface area contributed by atoms with Crippen LogP contribution in [0.15, 0.2) is 35.9 Å². The second kappa shape index (κ2) is 7.39. The Labute approximate surface area is 143 Å². The van der Waals surface area contributed by atoms with E-state index in [1.54, 1.807) is 38.3 Å². The monoisotopic (exact) mass is 350 g/mol. The highest BCUT2D eigenvalue weighted by molar-refractivity contribution is 7.14. The number of anilines is 1. The van der Waals surface area contributed by atoms with Gasteiger partial charge in [-0.25, -0.2) is 14.8 Å². The molecule has 0 unspecified atom stereocenters. The number of ether oxygens (including phenoxy) is 1. The van der Waals surface area contributed by atoms with Gasteiger partial charge in [-0.1, -0.05) is 12.6 Å². The average molecular weight is 350 g/mol. The summed E-state index contributed by atoms with van der Waals surface area (Å²) in [6.45, 7) is 9.39. The maximum atomic E-state index is 13.1. The third kappa shape index (κ3) is 5.62. The van der Waals surface area contributed by atoms with Crippen molar-refractivity contribution in [3.63, 3.8) is 0 Å². The molecule has 2 aromatic heterocycles. The fourth-order valence-corrected chi connectivity index (χ4v) is 2.44. The zero-order valence-corrected chi connectivity index (χ0v) is 14.5. The number of carbonyl (C=O) groups excluding carboxylic acids is 1.